The molecule has 2 heterocycles. The lowest BCUT2D eigenvalue weighted by atomic mass is 10.2. The molecule has 0 spiro atoms. The Balaban J connectivity index is 1.47. The van der Waals surface area contributed by atoms with Gasteiger partial charge in [0.15, 0.2) is 0 Å². The number of hydrogen-bond donors (Lipinski definition) is 1. The van der Waals surface area contributed by atoms with Gasteiger partial charge in [-0.3, -0.25) is 14.5 Å². The van der Waals surface area contributed by atoms with Crippen LogP contribution in [0.4, 0.5) is 10.2 Å². The fraction of sp³-hybridized carbons (Fsp3) is 0.389. The van der Waals surface area contributed by atoms with Crippen molar-refractivity contribution in [3.63, 3.8) is 0 Å². The minimum absolute atomic E-state index is 0.0626. The number of carbonyl (C=O) groups excluding carboxylic acids is 2. The van der Waals surface area contributed by atoms with Gasteiger partial charge in [-0.1, -0.05) is 12.1 Å². The van der Waals surface area contributed by atoms with Gasteiger partial charge in [0.1, 0.15) is 11.6 Å². The minimum Gasteiger partial charge on any atom is -0.352 e. The highest BCUT2D eigenvalue weighted by Crippen LogP contribution is 2.22. The van der Waals surface area contributed by atoms with Gasteiger partial charge in [-0.05, 0) is 31.0 Å². The van der Waals surface area contributed by atoms with Crippen molar-refractivity contribution in [1.82, 2.24) is 15.1 Å². The number of aryl methyl sites for hydroxylation is 2. The van der Waals surface area contributed by atoms with Crippen molar-refractivity contribution < 1.29 is 14.0 Å². The number of nitrogens with one attached hydrogen (secondary N) is 1. The Morgan fingerprint density at radius 2 is 2.20 bits per heavy atom. The van der Waals surface area contributed by atoms with Crippen LogP contribution >= 0.6 is 0 Å². The SMILES string of the molecule is Cc1cc2n(n1)CCC(=O)N2CCCC(=O)NCc1cccc(F)c1. The summed E-state index contributed by atoms with van der Waals surface area (Å²) in [4.78, 5) is 25.8. The Morgan fingerprint density at radius 3 is 3.00 bits per heavy atom. The van der Waals surface area contributed by atoms with E-state index in [1.807, 2.05) is 17.7 Å². The number of benzene rings is 1. The molecule has 1 aromatic carbocycles. The lowest BCUT2D eigenvalue weighted by molar-refractivity contribution is -0.122. The molecule has 0 atom stereocenters. The van der Waals surface area contributed by atoms with Crippen LogP contribution < -0.4 is 10.2 Å². The molecule has 0 unspecified atom stereocenters. The molecule has 2 aromatic rings. The summed E-state index contributed by atoms with van der Waals surface area (Å²) in [5.41, 5.74) is 1.60. The summed E-state index contributed by atoms with van der Waals surface area (Å²) >= 11 is 0. The van der Waals surface area contributed by atoms with Crippen molar-refractivity contribution in [2.45, 2.75) is 39.3 Å². The Kier molecular flexibility index (Phi) is 5.11. The first-order valence-corrected chi connectivity index (χ1v) is 8.39. The van der Waals surface area contributed by atoms with E-state index in [0.717, 1.165) is 17.1 Å². The standard InChI is InChI=1S/C18H21FN4O2/c1-13-10-17-22(18(25)7-9-23(17)21-13)8-3-6-16(24)20-12-14-4-2-5-15(19)11-14/h2,4-5,10-11H,3,6-9,12H2,1H3,(H,20,24). The van der Waals surface area contributed by atoms with Gasteiger partial charge in [0.25, 0.3) is 0 Å². The first kappa shape index (κ1) is 17.1. The number of nitrogens with zero attached hydrogens (tertiary/aromatic N) is 3. The molecule has 0 radical (unpaired) electrons. The average molecular weight is 344 g/mol. The Labute approximate surface area is 145 Å². The fourth-order valence-electron chi connectivity index (χ4n) is 2.95. The maximum atomic E-state index is 13.1. The first-order valence-electron chi connectivity index (χ1n) is 8.39. The van der Waals surface area contributed by atoms with Gasteiger partial charge in [-0.2, -0.15) is 5.10 Å². The molecule has 1 aliphatic rings. The molecular formula is C18H21FN4O2. The minimum atomic E-state index is -0.317. The summed E-state index contributed by atoms with van der Waals surface area (Å²) < 4.78 is 14.9. The topological polar surface area (TPSA) is 67.2 Å². The van der Waals surface area contributed by atoms with Crippen LogP contribution in [-0.4, -0.2) is 28.1 Å². The Bertz CT molecular complexity index is 787. The molecule has 1 aliphatic heterocycles. The van der Waals surface area contributed by atoms with E-state index in [9.17, 15) is 14.0 Å². The highest BCUT2D eigenvalue weighted by atomic mass is 19.1. The summed E-state index contributed by atoms with van der Waals surface area (Å²) in [6.07, 6.45) is 1.30. The molecular weight excluding hydrogens is 323 g/mol. The van der Waals surface area contributed by atoms with Crippen molar-refractivity contribution >= 4 is 17.6 Å². The van der Waals surface area contributed by atoms with E-state index < -0.39 is 0 Å². The van der Waals surface area contributed by atoms with Crippen molar-refractivity contribution in [2.24, 2.45) is 0 Å². The van der Waals surface area contributed by atoms with Gasteiger partial charge in [0.2, 0.25) is 11.8 Å². The predicted octanol–water partition coefficient (Wildman–Crippen LogP) is 2.16. The number of fused-ring (bicyclic) bond motifs is 1. The van der Waals surface area contributed by atoms with Gasteiger partial charge in [0.05, 0.1) is 12.2 Å². The number of amides is 2. The molecule has 6 nitrogen and oxygen atoms in total. The maximum absolute atomic E-state index is 13.1. The van der Waals surface area contributed by atoms with Crippen LogP contribution in [0.2, 0.25) is 0 Å². The van der Waals surface area contributed by atoms with Crippen LogP contribution in [0.3, 0.4) is 0 Å². The average Bonchev–Trinajstić information content (AvgIpc) is 2.96. The van der Waals surface area contributed by atoms with Crippen molar-refractivity contribution in [3.8, 4) is 0 Å². The zero-order valence-corrected chi connectivity index (χ0v) is 14.2. The Morgan fingerprint density at radius 1 is 1.36 bits per heavy atom. The highest BCUT2D eigenvalue weighted by molar-refractivity contribution is 5.93. The molecule has 132 valence electrons. The Hall–Kier alpha value is -2.70. The third kappa shape index (κ3) is 4.23. The third-order valence-corrected chi connectivity index (χ3v) is 4.16. The quantitative estimate of drug-likeness (QED) is 0.873. The maximum Gasteiger partial charge on any atom is 0.229 e. The van der Waals surface area contributed by atoms with Crippen LogP contribution in [-0.2, 0) is 22.7 Å². The molecule has 0 saturated heterocycles. The molecule has 7 heteroatoms. The molecule has 3 rings (SSSR count). The second-order valence-electron chi connectivity index (χ2n) is 6.17. The van der Waals surface area contributed by atoms with E-state index in [1.165, 1.54) is 12.1 Å². The van der Waals surface area contributed by atoms with Crippen LogP contribution in [0.25, 0.3) is 0 Å². The zero-order valence-electron chi connectivity index (χ0n) is 14.2. The number of hydrogen-bond acceptors (Lipinski definition) is 3. The second kappa shape index (κ2) is 7.46. The molecule has 0 saturated carbocycles. The lowest BCUT2D eigenvalue weighted by Gasteiger charge is -2.27. The van der Waals surface area contributed by atoms with Gasteiger partial charge in [0, 0.05) is 32.0 Å². The molecule has 2 amide bonds. The molecule has 1 N–H and O–H groups in total. The van der Waals surface area contributed by atoms with Gasteiger partial charge >= 0.3 is 0 Å². The van der Waals surface area contributed by atoms with E-state index in [2.05, 4.69) is 10.4 Å². The highest BCUT2D eigenvalue weighted by Gasteiger charge is 2.25. The van der Waals surface area contributed by atoms with Crippen LogP contribution in [0.15, 0.2) is 30.3 Å². The lowest BCUT2D eigenvalue weighted by Crippen LogP contribution is -2.38. The number of anilines is 1. The van der Waals surface area contributed by atoms with Gasteiger partial charge in [-0.15, -0.1) is 0 Å². The smallest absolute Gasteiger partial charge is 0.229 e. The molecule has 0 bridgehead atoms. The summed E-state index contributed by atoms with van der Waals surface area (Å²) in [7, 11) is 0. The summed E-state index contributed by atoms with van der Waals surface area (Å²) in [6, 6.07) is 8.04. The van der Waals surface area contributed by atoms with E-state index in [0.29, 0.717) is 38.9 Å². The number of carbonyl (C=O) groups is 2. The first-order chi connectivity index (χ1) is 12.0. The van der Waals surface area contributed by atoms with Crippen molar-refractivity contribution in [1.29, 1.82) is 0 Å². The normalized spacial score (nSPS) is 13.7. The van der Waals surface area contributed by atoms with Crippen LogP contribution in [0, 0.1) is 12.7 Å². The summed E-state index contributed by atoms with van der Waals surface area (Å²) in [6.45, 7) is 3.28. The van der Waals surface area contributed by atoms with E-state index >= 15 is 0 Å². The van der Waals surface area contributed by atoms with Crippen molar-refractivity contribution in [3.05, 3.63) is 47.4 Å². The van der Waals surface area contributed by atoms with E-state index in [4.69, 9.17) is 0 Å². The number of rotatable bonds is 6. The van der Waals surface area contributed by atoms with Crippen LogP contribution in [0.5, 0.6) is 0 Å². The largest absolute Gasteiger partial charge is 0.352 e. The van der Waals surface area contributed by atoms with Crippen LogP contribution in [0.1, 0.15) is 30.5 Å². The fourth-order valence-corrected chi connectivity index (χ4v) is 2.95. The second-order valence-corrected chi connectivity index (χ2v) is 6.17. The van der Waals surface area contributed by atoms with Gasteiger partial charge in [-0.25, -0.2) is 9.07 Å². The van der Waals surface area contributed by atoms with Gasteiger partial charge < -0.3 is 5.32 Å². The predicted molar refractivity (Wildman–Crippen MR) is 91.4 cm³/mol. The van der Waals surface area contributed by atoms with Crippen molar-refractivity contribution in [2.75, 3.05) is 11.4 Å². The molecule has 25 heavy (non-hydrogen) atoms. The number of aromatic nitrogens is 2. The monoisotopic (exact) mass is 344 g/mol. The number of halogens is 1. The summed E-state index contributed by atoms with van der Waals surface area (Å²) in [5, 5.41) is 7.13. The molecule has 0 aliphatic carbocycles. The third-order valence-electron chi connectivity index (χ3n) is 4.16. The molecule has 1 aromatic heterocycles. The zero-order chi connectivity index (χ0) is 17.8. The van der Waals surface area contributed by atoms with E-state index in [-0.39, 0.29) is 17.6 Å². The molecule has 0 fully saturated rings. The summed E-state index contributed by atoms with van der Waals surface area (Å²) in [5.74, 6) is 0.433. The van der Waals surface area contributed by atoms with E-state index in [1.54, 1.807) is 17.0 Å².